The molecule has 0 spiro atoms. The molecule has 0 fully saturated rings. The predicted octanol–water partition coefficient (Wildman–Crippen LogP) is 2.94. The number of nitrogens with one attached hydrogen (secondary N) is 1. The van der Waals surface area contributed by atoms with E-state index in [0.29, 0.717) is 18.5 Å². The van der Waals surface area contributed by atoms with Crippen LogP contribution in [0.2, 0.25) is 0 Å². The first kappa shape index (κ1) is 17.7. The van der Waals surface area contributed by atoms with Gasteiger partial charge in [-0.1, -0.05) is 12.1 Å². The maximum absolute atomic E-state index is 12.2. The van der Waals surface area contributed by atoms with E-state index in [0.717, 1.165) is 29.9 Å². The summed E-state index contributed by atoms with van der Waals surface area (Å²) < 4.78 is 0. The molecule has 3 rings (SSSR count). The molecular weight excluding hydrogens is 330 g/mol. The Hall–Kier alpha value is -3.15. The lowest BCUT2D eigenvalue weighted by molar-refractivity contribution is 0.0696. The second-order valence-corrected chi connectivity index (χ2v) is 6.26. The van der Waals surface area contributed by atoms with E-state index < -0.39 is 5.97 Å². The summed E-state index contributed by atoms with van der Waals surface area (Å²) >= 11 is 0. The van der Waals surface area contributed by atoms with Gasteiger partial charge in [-0.2, -0.15) is 5.10 Å². The molecule has 1 aliphatic rings. The molecule has 0 unspecified atom stereocenters. The smallest absolute Gasteiger partial charge is 0.335 e. The summed E-state index contributed by atoms with van der Waals surface area (Å²) in [7, 11) is 0. The van der Waals surface area contributed by atoms with Crippen LogP contribution < -0.4 is 10.3 Å². The van der Waals surface area contributed by atoms with E-state index in [1.165, 1.54) is 0 Å². The van der Waals surface area contributed by atoms with Gasteiger partial charge in [0.2, 0.25) is 0 Å². The van der Waals surface area contributed by atoms with Crippen molar-refractivity contribution in [3.63, 3.8) is 0 Å². The number of benzene rings is 2. The molecule has 0 aliphatic carbocycles. The lowest BCUT2D eigenvalue weighted by atomic mass is 10.1. The van der Waals surface area contributed by atoms with Gasteiger partial charge in [-0.15, -0.1) is 0 Å². The Labute approximate surface area is 152 Å². The van der Waals surface area contributed by atoms with Gasteiger partial charge in [0.15, 0.2) is 0 Å². The van der Waals surface area contributed by atoms with Crippen LogP contribution in [0.15, 0.2) is 53.6 Å². The van der Waals surface area contributed by atoms with E-state index in [2.05, 4.69) is 10.4 Å². The van der Waals surface area contributed by atoms with E-state index in [-0.39, 0.29) is 11.5 Å². The lowest BCUT2D eigenvalue weighted by Crippen LogP contribution is -2.25. The first-order valence-electron chi connectivity index (χ1n) is 8.55. The number of hydrogen-bond donors (Lipinski definition) is 2. The standard InChI is InChI=1S/C20H21N3O3/c1-14-11-13-23(22-14)18-8-6-16(7-9-18)19(24)21-12-10-15-2-4-17(5-3-15)20(25)26/h2-9H,10-13H2,1H3,(H,21,24)(H,25,26). The molecule has 6 heteroatoms. The van der Waals surface area contributed by atoms with Gasteiger partial charge < -0.3 is 10.4 Å². The molecule has 2 aromatic rings. The summed E-state index contributed by atoms with van der Waals surface area (Å²) in [5.74, 6) is -1.07. The van der Waals surface area contributed by atoms with Crippen molar-refractivity contribution in [1.82, 2.24) is 5.32 Å². The van der Waals surface area contributed by atoms with E-state index in [1.807, 2.05) is 24.1 Å². The van der Waals surface area contributed by atoms with Gasteiger partial charge in [0.25, 0.3) is 5.91 Å². The highest BCUT2D eigenvalue weighted by Gasteiger charge is 2.13. The Kier molecular flexibility index (Phi) is 5.31. The second kappa shape index (κ2) is 7.82. The highest BCUT2D eigenvalue weighted by molar-refractivity contribution is 5.94. The van der Waals surface area contributed by atoms with Gasteiger partial charge in [0, 0.05) is 30.8 Å². The average molecular weight is 351 g/mol. The van der Waals surface area contributed by atoms with Crippen LogP contribution in [0.3, 0.4) is 0 Å². The second-order valence-electron chi connectivity index (χ2n) is 6.26. The normalized spacial score (nSPS) is 13.4. The quantitative estimate of drug-likeness (QED) is 0.838. The number of nitrogens with zero attached hydrogens (tertiary/aromatic N) is 2. The topological polar surface area (TPSA) is 82.0 Å². The Bertz CT molecular complexity index is 826. The molecular formula is C20H21N3O3. The summed E-state index contributed by atoms with van der Waals surface area (Å²) in [6.45, 7) is 3.37. The lowest BCUT2D eigenvalue weighted by Gasteiger charge is -2.14. The number of carbonyl (C=O) groups is 2. The monoisotopic (exact) mass is 351 g/mol. The van der Waals surface area contributed by atoms with Crippen LogP contribution in [0.5, 0.6) is 0 Å². The first-order valence-corrected chi connectivity index (χ1v) is 8.55. The highest BCUT2D eigenvalue weighted by atomic mass is 16.4. The molecule has 134 valence electrons. The molecule has 6 nitrogen and oxygen atoms in total. The van der Waals surface area contributed by atoms with Gasteiger partial charge in [-0.25, -0.2) is 4.79 Å². The van der Waals surface area contributed by atoms with Crippen molar-refractivity contribution in [2.75, 3.05) is 18.1 Å². The zero-order chi connectivity index (χ0) is 18.5. The molecule has 1 heterocycles. The molecule has 2 N–H and O–H groups in total. The highest BCUT2D eigenvalue weighted by Crippen LogP contribution is 2.19. The van der Waals surface area contributed by atoms with Crippen LogP contribution in [0.4, 0.5) is 5.69 Å². The molecule has 2 aromatic carbocycles. The van der Waals surface area contributed by atoms with Crippen LogP contribution in [0.1, 0.15) is 39.6 Å². The number of hydrazone groups is 1. The first-order chi connectivity index (χ1) is 12.5. The minimum Gasteiger partial charge on any atom is -0.478 e. The number of hydrogen-bond acceptors (Lipinski definition) is 4. The number of aromatic carboxylic acids is 1. The molecule has 1 aliphatic heterocycles. The Morgan fingerprint density at radius 2 is 1.73 bits per heavy atom. The van der Waals surface area contributed by atoms with Crippen LogP contribution in [0.25, 0.3) is 0 Å². The van der Waals surface area contributed by atoms with E-state index in [4.69, 9.17) is 5.11 Å². The Morgan fingerprint density at radius 3 is 2.31 bits per heavy atom. The van der Waals surface area contributed by atoms with Crippen LogP contribution in [-0.4, -0.2) is 35.8 Å². The third-order valence-electron chi connectivity index (χ3n) is 4.30. The van der Waals surface area contributed by atoms with Crippen molar-refractivity contribution >= 4 is 23.3 Å². The van der Waals surface area contributed by atoms with Crippen LogP contribution >= 0.6 is 0 Å². The van der Waals surface area contributed by atoms with Gasteiger partial charge in [0.1, 0.15) is 0 Å². The number of carboxylic acid groups (broad SMARTS) is 1. The summed E-state index contributed by atoms with van der Waals surface area (Å²) in [5.41, 5.74) is 3.94. The fourth-order valence-corrected chi connectivity index (χ4v) is 2.78. The molecule has 0 radical (unpaired) electrons. The van der Waals surface area contributed by atoms with Crippen LogP contribution in [0, 0.1) is 0 Å². The fraction of sp³-hybridized carbons (Fsp3) is 0.250. The summed E-state index contributed by atoms with van der Waals surface area (Å²) in [4.78, 5) is 23.1. The van der Waals surface area contributed by atoms with Gasteiger partial charge in [-0.3, -0.25) is 9.80 Å². The molecule has 0 aromatic heterocycles. The number of carboxylic acids is 1. The van der Waals surface area contributed by atoms with E-state index in [1.54, 1.807) is 36.4 Å². The maximum atomic E-state index is 12.2. The molecule has 1 amide bonds. The Morgan fingerprint density at radius 1 is 1.08 bits per heavy atom. The SMILES string of the molecule is CC1=NN(c2ccc(C(=O)NCCc3ccc(C(=O)O)cc3)cc2)CC1. The number of amides is 1. The number of carbonyl (C=O) groups excluding carboxylic acids is 1. The third kappa shape index (κ3) is 4.27. The van der Waals surface area contributed by atoms with Crippen molar-refractivity contribution in [3.8, 4) is 0 Å². The van der Waals surface area contributed by atoms with Crippen molar-refractivity contribution < 1.29 is 14.7 Å². The van der Waals surface area contributed by atoms with Crippen molar-refractivity contribution in [2.45, 2.75) is 19.8 Å². The van der Waals surface area contributed by atoms with Gasteiger partial charge in [-0.05, 0) is 55.3 Å². The van der Waals surface area contributed by atoms with Crippen molar-refractivity contribution in [3.05, 3.63) is 65.2 Å². The van der Waals surface area contributed by atoms with E-state index in [9.17, 15) is 9.59 Å². The Balaban J connectivity index is 1.51. The third-order valence-corrected chi connectivity index (χ3v) is 4.30. The molecule has 0 bridgehead atoms. The minimum atomic E-state index is -0.942. The summed E-state index contributed by atoms with van der Waals surface area (Å²) in [6, 6.07) is 14.1. The largest absolute Gasteiger partial charge is 0.478 e. The zero-order valence-corrected chi connectivity index (χ0v) is 14.6. The van der Waals surface area contributed by atoms with Gasteiger partial charge >= 0.3 is 5.97 Å². The molecule has 0 saturated carbocycles. The van der Waals surface area contributed by atoms with E-state index >= 15 is 0 Å². The van der Waals surface area contributed by atoms with Crippen molar-refractivity contribution in [1.29, 1.82) is 0 Å². The zero-order valence-electron chi connectivity index (χ0n) is 14.6. The number of anilines is 1. The molecule has 0 atom stereocenters. The minimum absolute atomic E-state index is 0.125. The van der Waals surface area contributed by atoms with Crippen molar-refractivity contribution in [2.24, 2.45) is 5.10 Å². The molecule has 26 heavy (non-hydrogen) atoms. The predicted molar refractivity (Wildman–Crippen MR) is 101 cm³/mol. The summed E-state index contributed by atoms with van der Waals surface area (Å²) in [6.07, 6.45) is 1.61. The summed E-state index contributed by atoms with van der Waals surface area (Å²) in [5, 5.41) is 18.2. The van der Waals surface area contributed by atoms with Crippen LogP contribution in [-0.2, 0) is 6.42 Å². The molecule has 0 saturated heterocycles. The number of rotatable bonds is 6. The average Bonchev–Trinajstić information content (AvgIpc) is 3.08. The van der Waals surface area contributed by atoms with Gasteiger partial charge in [0.05, 0.1) is 11.3 Å². The fourth-order valence-electron chi connectivity index (χ4n) is 2.78. The maximum Gasteiger partial charge on any atom is 0.335 e.